The normalized spacial score (nSPS) is 19.6. The molecule has 1 aromatic rings. The number of likely N-dealkylation sites (tertiary alicyclic amines) is 1. The van der Waals surface area contributed by atoms with Crippen LogP contribution in [0.25, 0.3) is 0 Å². The highest BCUT2D eigenvalue weighted by molar-refractivity contribution is 6.52. The Kier molecular flexibility index (Phi) is 3.76. The van der Waals surface area contributed by atoms with Gasteiger partial charge in [0.25, 0.3) is 11.7 Å². The number of anilines is 1. The van der Waals surface area contributed by atoms with Gasteiger partial charge >= 0.3 is 0 Å². The lowest BCUT2D eigenvalue weighted by molar-refractivity contribution is -0.114. The smallest absolute Gasteiger partial charge is 0.299 e. The van der Waals surface area contributed by atoms with Gasteiger partial charge in [0.2, 0.25) is 0 Å². The van der Waals surface area contributed by atoms with Gasteiger partial charge in [-0.05, 0) is 44.1 Å². The molecule has 2 heterocycles. The molecule has 0 atom stereocenters. The van der Waals surface area contributed by atoms with Crippen LogP contribution in [-0.2, 0) is 4.79 Å². The van der Waals surface area contributed by atoms with Gasteiger partial charge in [-0.15, -0.1) is 0 Å². The van der Waals surface area contributed by atoms with Crippen molar-refractivity contribution < 1.29 is 9.59 Å². The van der Waals surface area contributed by atoms with Gasteiger partial charge in [0.15, 0.2) is 0 Å². The van der Waals surface area contributed by atoms with Crippen molar-refractivity contribution in [3.05, 3.63) is 28.8 Å². The van der Waals surface area contributed by atoms with Crippen LogP contribution in [0.3, 0.4) is 0 Å². The van der Waals surface area contributed by atoms with Crippen molar-refractivity contribution in [2.45, 2.75) is 19.3 Å². The Bertz CT molecular complexity index is 553. The van der Waals surface area contributed by atoms with Crippen molar-refractivity contribution in [1.82, 2.24) is 4.90 Å². The van der Waals surface area contributed by atoms with Crippen LogP contribution < -0.4 is 4.90 Å². The number of hydrogen-bond acceptors (Lipinski definition) is 3. The first-order valence-corrected chi connectivity index (χ1v) is 7.43. The van der Waals surface area contributed by atoms with Crippen molar-refractivity contribution in [3.8, 4) is 0 Å². The number of fused-ring (bicyclic) bond motifs is 1. The lowest BCUT2D eigenvalue weighted by Gasteiger charge is -2.28. The summed E-state index contributed by atoms with van der Waals surface area (Å²) in [5.74, 6) is -0.875. The van der Waals surface area contributed by atoms with E-state index in [2.05, 4.69) is 4.90 Å². The molecule has 106 valence electrons. The molecule has 0 aromatic heterocycles. The maximum Gasteiger partial charge on any atom is 0.299 e. The third kappa shape index (κ3) is 2.45. The van der Waals surface area contributed by atoms with E-state index in [1.807, 2.05) is 0 Å². The molecule has 0 bridgehead atoms. The van der Waals surface area contributed by atoms with Crippen LogP contribution in [0.1, 0.15) is 29.6 Å². The molecule has 1 saturated heterocycles. The minimum Gasteiger partial charge on any atom is -0.303 e. The van der Waals surface area contributed by atoms with E-state index in [1.165, 1.54) is 19.3 Å². The van der Waals surface area contributed by atoms with Crippen LogP contribution in [-0.4, -0.2) is 42.8 Å². The summed E-state index contributed by atoms with van der Waals surface area (Å²) < 4.78 is 0. The minimum absolute atomic E-state index is 0.431. The van der Waals surface area contributed by atoms with E-state index in [0.29, 0.717) is 22.8 Å². The van der Waals surface area contributed by atoms with Crippen LogP contribution in [0.4, 0.5) is 5.69 Å². The van der Waals surface area contributed by atoms with Gasteiger partial charge in [0.1, 0.15) is 0 Å². The molecule has 0 aliphatic carbocycles. The first-order valence-electron chi connectivity index (χ1n) is 7.05. The number of piperidine rings is 1. The highest BCUT2D eigenvalue weighted by Gasteiger charge is 2.35. The van der Waals surface area contributed by atoms with Gasteiger partial charge in [0.05, 0.1) is 11.3 Å². The molecule has 0 spiro atoms. The van der Waals surface area contributed by atoms with Crippen molar-refractivity contribution in [1.29, 1.82) is 0 Å². The van der Waals surface area contributed by atoms with E-state index in [4.69, 9.17) is 11.6 Å². The quantitative estimate of drug-likeness (QED) is 0.803. The molecule has 0 N–H and O–H groups in total. The standard InChI is InChI=1S/C15H17ClN2O2/c16-11-4-5-13-12(10-11)14(19)15(20)18(13)9-8-17-6-2-1-3-7-17/h4-5,10H,1-3,6-9H2. The van der Waals surface area contributed by atoms with E-state index in [-0.39, 0.29) is 0 Å². The molecule has 1 aromatic carbocycles. The number of carbonyl (C=O) groups excluding carboxylic acids is 2. The number of hydrogen-bond donors (Lipinski definition) is 0. The van der Waals surface area contributed by atoms with Crippen LogP contribution in [0.5, 0.6) is 0 Å². The number of amides is 1. The highest BCUT2D eigenvalue weighted by atomic mass is 35.5. The summed E-state index contributed by atoms with van der Waals surface area (Å²) in [4.78, 5) is 28.0. The van der Waals surface area contributed by atoms with E-state index >= 15 is 0 Å². The van der Waals surface area contributed by atoms with E-state index in [9.17, 15) is 9.59 Å². The highest BCUT2D eigenvalue weighted by Crippen LogP contribution is 2.31. The van der Waals surface area contributed by atoms with Crippen LogP contribution in [0.2, 0.25) is 5.02 Å². The van der Waals surface area contributed by atoms with Crippen molar-refractivity contribution in [2.24, 2.45) is 0 Å². The second kappa shape index (κ2) is 5.54. The maximum atomic E-state index is 12.1. The SMILES string of the molecule is O=C1C(=O)N(CCN2CCCCC2)c2ccc(Cl)cc21. The van der Waals surface area contributed by atoms with Gasteiger partial charge in [-0.1, -0.05) is 18.0 Å². The largest absolute Gasteiger partial charge is 0.303 e. The molecule has 0 radical (unpaired) electrons. The summed E-state index contributed by atoms with van der Waals surface area (Å²) in [6, 6.07) is 5.06. The number of benzene rings is 1. The first kappa shape index (κ1) is 13.6. The number of carbonyl (C=O) groups is 2. The van der Waals surface area contributed by atoms with E-state index in [0.717, 1.165) is 19.6 Å². The Hall–Kier alpha value is -1.39. The van der Waals surface area contributed by atoms with Gasteiger partial charge in [0, 0.05) is 18.1 Å². The van der Waals surface area contributed by atoms with Crippen molar-refractivity contribution in [3.63, 3.8) is 0 Å². The summed E-state index contributed by atoms with van der Waals surface area (Å²) in [6.07, 6.45) is 3.73. The average Bonchev–Trinajstić information content (AvgIpc) is 2.70. The van der Waals surface area contributed by atoms with Gasteiger partial charge in [-0.3, -0.25) is 9.59 Å². The average molecular weight is 293 g/mol. The fourth-order valence-electron chi connectivity index (χ4n) is 2.92. The Balaban J connectivity index is 1.74. The number of nitrogens with zero attached hydrogens (tertiary/aromatic N) is 2. The molecule has 4 nitrogen and oxygen atoms in total. The molecular formula is C15H17ClN2O2. The van der Waals surface area contributed by atoms with Crippen LogP contribution in [0.15, 0.2) is 18.2 Å². The lowest BCUT2D eigenvalue weighted by atomic mass is 10.1. The van der Waals surface area contributed by atoms with Crippen molar-refractivity contribution >= 4 is 29.0 Å². The van der Waals surface area contributed by atoms with E-state index in [1.54, 1.807) is 23.1 Å². The summed E-state index contributed by atoms with van der Waals surface area (Å²) in [5.41, 5.74) is 1.13. The summed E-state index contributed by atoms with van der Waals surface area (Å²) >= 11 is 5.89. The zero-order valence-corrected chi connectivity index (χ0v) is 12.0. The summed E-state index contributed by atoms with van der Waals surface area (Å²) in [6.45, 7) is 3.56. The molecule has 3 rings (SSSR count). The van der Waals surface area contributed by atoms with Gasteiger partial charge in [-0.2, -0.15) is 0 Å². The predicted octanol–water partition coefficient (Wildman–Crippen LogP) is 2.36. The molecule has 2 aliphatic heterocycles. The topological polar surface area (TPSA) is 40.6 Å². The lowest BCUT2D eigenvalue weighted by Crippen LogP contribution is -2.40. The predicted molar refractivity (Wildman–Crippen MR) is 78.4 cm³/mol. The minimum atomic E-state index is -0.443. The number of Topliss-reactive ketones (excluding diaryl/α,β-unsaturated/α-hetero) is 1. The maximum absolute atomic E-state index is 12.1. The molecule has 2 aliphatic rings. The third-order valence-electron chi connectivity index (χ3n) is 4.02. The number of ketones is 1. The molecule has 1 amide bonds. The molecule has 0 unspecified atom stereocenters. The Morgan fingerprint density at radius 3 is 2.55 bits per heavy atom. The Morgan fingerprint density at radius 1 is 1.05 bits per heavy atom. The molecule has 1 fully saturated rings. The van der Waals surface area contributed by atoms with Gasteiger partial charge in [-0.25, -0.2) is 0 Å². The summed E-state index contributed by atoms with van der Waals surface area (Å²) in [5, 5.41) is 0.489. The van der Waals surface area contributed by atoms with Crippen molar-refractivity contribution in [2.75, 3.05) is 31.1 Å². The van der Waals surface area contributed by atoms with Gasteiger partial charge < -0.3 is 9.80 Å². The van der Waals surface area contributed by atoms with E-state index < -0.39 is 11.7 Å². The summed E-state index contributed by atoms with van der Waals surface area (Å²) in [7, 11) is 0. The fraction of sp³-hybridized carbons (Fsp3) is 0.467. The Morgan fingerprint density at radius 2 is 1.80 bits per heavy atom. The second-order valence-electron chi connectivity index (χ2n) is 5.35. The molecule has 20 heavy (non-hydrogen) atoms. The van der Waals surface area contributed by atoms with Crippen LogP contribution in [0, 0.1) is 0 Å². The first-order chi connectivity index (χ1) is 9.66. The molecule has 0 saturated carbocycles. The second-order valence-corrected chi connectivity index (χ2v) is 5.79. The number of halogens is 1. The third-order valence-corrected chi connectivity index (χ3v) is 4.26. The Labute approximate surface area is 123 Å². The molecular weight excluding hydrogens is 276 g/mol. The van der Waals surface area contributed by atoms with Crippen LogP contribution >= 0.6 is 11.6 Å². The molecule has 5 heteroatoms. The fourth-order valence-corrected chi connectivity index (χ4v) is 3.09. The zero-order valence-electron chi connectivity index (χ0n) is 11.3. The zero-order chi connectivity index (χ0) is 14.1. The monoisotopic (exact) mass is 292 g/mol. The number of rotatable bonds is 3.